The molecule has 27 nitrogen and oxygen atoms in total. The minimum absolute atomic E-state index is 0. The molecule has 3 radical (unpaired) electrons. The summed E-state index contributed by atoms with van der Waals surface area (Å²) >= 11 is 0. The van der Waals surface area contributed by atoms with Gasteiger partial charge in [-0.25, -0.2) is 74.5 Å². The van der Waals surface area contributed by atoms with Crippen LogP contribution in [-0.2, 0) is 116 Å². The van der Waals surface area contributed by atoms with Crippen LogP contribution in [0.15, 0.2) is 54.6 Å². The fraction of sp³-hybridized carbons (Fsp3) is 0.654. The third-order valence-electron chi connectivity index (χ3n) is 30.8. The number of pyridine rings is 3. The van der Waals surface area contributed by atoms with Gasteiger partial charge < -0.3 is 87.7 Å². The predicted molar refractivity (Wildman–Crippen MR) is 499 cm³/mol. The standard InChI is InChI=1S/C35H44F2N3O6.C35H46F2N3O6.C34H44F2N3O6.3V/c1-18-22-11-10-21(44-6)15-25(22)38-31-29(18)35(36,37)12-8-7-9-23-24-13-20(24)14-27(23)46-33(43)39-30(34(3,4)5)32(42)40-16-28(45-31)19(2)26(40)17-41;1-20-24-14-13-23(44-7)17-25(24)38-30-28(20)35(36,37)16-9-8-11-22-12-10-15-34(22,6)46-32(43)39-29(33(3,4)5)31(42)40-18-27(45-30)21(2)26(40)19-41;1-19-23-14-13-22(43-6)16-24(23)37-30-28(19)34(35,36)15-8-7-10-21-11-9-12-26(21)45-32(42)38-29(33(3,4)5)31(41)39-17-27(44-30)20(2)25(39)18-40;;;/h10-11,15,19-20,23-24,26-28,30H,7-9,12-14,16H2,1-6H3,(H,39,43);13-14,17,21-22,26-27,29H,8-12,15-16,18H2,1-7H3,(H,39,43);13-14,16,20-21,25-27,29H,7-12,15,17H2,1-6H3,(H,38,42);;;/q3*-1;;;/t19-,20?,23+,24?,26+,27+,28-,30+;21-,22+,26+,27-,29+,34+;20-,21+,25+,26+,27-,29+;;;/m000.../s1. The van der Waals surface area contributed by atoms with E-state index in [2.05, 4.69) is 30.9 Å². The van der Waals surface area contributed by atoms with E-state index in [0.717, 1.165) is 38.5 Å². The van der Waals surface area contributed by atoms with Gasteiger partial charge in [0.25, 0.3) is 17.8 Å². The number of hydrogen-bond acceptors (Lipinski definition) is 21. The van der Waals surface area contributed by atoms with Crippen LogP contribution >= 0.6 is 0 Å². The number of amides is 6. The zero-order valence-corrected chi connectivity index (χ0v) is 87.8. The summed E-state index contributed by atoms with van der Waals surface area (Å²) in [6.45, 7) is 28.2. The second-order valence-electron chi connectivity index (χ2n) is 43.2. The van der Waals surface area contributed by atoms with Crippen LogP contribution < -0.4 is 44.4 Å². The molecular weight excluding hydrogens is 1930 g/mol. The van der Waals surface area contributed by atoms with E-state index in [1.807, 2.05) is 88.1 Å². The van der Waals surface area contributed by atoms with Gasteiger partial charge in [-0.1, -0.05) is 120 Å². The first-order chi connectivity index (χ1) is 64.6. The van der Waals surface area contributed by atoms with Gasteiger partial charge in [0.1, 0.15) is 71.5 Å². The van der Waals surface area contributed by atoms with Crippen LogP contribution in [-0.4, -0.2) is 198 Å². The smallest absolute Gasteiger partial charge is 0.408 e. The van der Waals surface area contributed by atoms with Crippen molar-refractivity contribution in [1.82, 2.24) is 45.6 Å². The van der Waals surface area contributed by atoms with Crippen LogP contribution in [0.2, 0.25) is 0 Å². The van der Waals surface area contributed by atoms with Crippen molar-refractivity contribution in [2.75, 3.05) is 41.0 Å². The van der Waals surface area contributed by atoms with E-state index in [0.29, 0.717) is 130 Å². The molecule has 4 saturated carbocycles. The molecular formula is C104H134F6N9O18V3-3. The van der Waals surface area contributed by atoms with Gasteiger partial charge >= 0.3 is 18.3 Å². The minimum Gasteiger partial charge on any atom is -0.540 e. The molecule has 6 aliphatic heterocycles. The zero-order valence-electron chi connectivity index (χ0n) is 83.6. The summed E-state index contributed by atoms with van der Waals surface area (Å²) in [5, 5.41) is 10.1. The average molecular weight is 2070 g/mol. The Kier molecular flexibility index (Phi) is 35.4. The number of nitrogens with one attached hydrogen (secondary N) is 3. The Morgan fingerprint density at radius 2 is 0.736 bits per heavy atom. The average Bonchev–Trinajstić information content (AvgIpc) is 1.70. The maximum atomic E-state index is 16.3. The number of fused-ring (bicyclic) bond motifs is 17. The normalized spacial score (nSPS) is 30.4. The van der Waals surface area contributed by atoms with Gasteiger partial charge in [0, 0.05) is 109 Å². The molecule has 3 aromatic heterocycles. The van der Waals surface area contributed by atoms with E-state index in [9.17, 15) is 43.2 Å². The molecule has 0 spiro atoms. The molecule has 140 heavy (non-hydrogen) atoms. The van der Waals surface area contributed by atoms with E-state index in [1.165, 1.54) is 36.0 Å². The Bertz CT molecular complexity index is 5410. The molecule has 4 aliphatic carbocycles. The van der Waals surface area contributed by atoms with Gasteiger partial charge in [-0.05, 0) is 234 Å². The van der Waals surface area contributed by atoms with Gasteiger partial charge in [-0.3, -0.25) is 14.4 Å². The first kappa shape index (κ1) is 112. The number of benzene rings is 3. The number of carbonyl (C=O) groups excluding carboxylic acids is 9. The molecule has 3 saturated heterocycles. The summed E-state index contributed by atoms with van der Waals surface area (Å²) in [5.74, 6) is -11.1. The van der Waals surface area contributed by atoms with Crippen molar-refractivity contribution < 1.29 is 168 Å². The third kappa shape index (κ3) is 23.6. The summed E-state index contributed by atoms with van der Waals surface area (Å²) < 4.78 is 151. The molecule has 7 fully saturated rings. The molecule has 16 rings (SSSR count). The van der Waals surface area contributed by atoms with Gasteiger partial charge in [-0.15, -0.1) is 0 Å². The van der Waals surface area contributed by atoms with Crippen molar-refractivity contribution >= 4 is 87.6 Å². The van der Waals surface area contributed by atoms with Crippen molar-refractivity contribution in [2.45, 2.75) is 329 Å². The molecule has 10 aliphatic rings. The molecule has 36 heteroatoms. The van der Waals surface area contributed by atoms with Crippen molar-refractivity contribution in [3.05, 3.63) is 88.0 Å². The van der Waals surface area contributed by atoms with Crippen molar-refractivity contribution in [3.8, 4) is 34.9 Å². The van der Waals surface area contributed by atoms with Crippen molar-refractivity contribution in [1.29, 1.82) is 0 Å². The van der Waals surface area contributed by atoms with Gasteiger partial charge in [0.05, 0.1) is 74.2 Å². The number of ether oxygens (including phenoxy) is 9. The molecule has 6 amide bonds. The summed E-state index contributed by atoms with van der Waals surface area (Å²) in [5.41, 5.74) is -1.46. The monoisotopic (exact) mass is 2060 g/mol. The van der Waals surface area contributed by atoms with Crippen LogP contribution in [0, 0.1) is 84.4 Å². The topological polar surface area (TPSA) is 321 Å². The van der Waals surface area contributed by atoms with Gasteiger partial charge in [0.2, 0.25) is 35.4 Å². The molecule has 6 aromatic rings. The molecule has 9 heterocycles. The zero-order chi connectivity index (χ0) is 99.4. The molecule has 2 unspecified atom stereocenters. The second-order valence-corrected chi connectivity index (χ2v) is 43.2. The van der Waals surface area contributed by atoms with Crippen LogP contribution in [0.5, 0.6) is 34.9 Å². The number of methoxy groups -OCH3 is 3. The molecule has 3 aromatic carbocycles. The molecule has 6 bridgehead atoms. The number of halogens is 6. The number of hydrogen-bond donors (Lipinski definition) is 3. The minimum atomic E-state index is -3.27. The second kappa shape index (κ2) is 44.5. The van der Waals surface area contributed by atoms with Crippen LogP contribution in [0.25, 0.3) is 32.7 Å². The van der Waals surface area contributed by atoms with Crippen molar-refractivity contribution in [3.63, 3.8) is 0 Å². The molecule has 3 N–H and O–H groups in total. The van der Waals surface area contributed by atoms with Crippen LogP contribution in [0.4, 0.5) is 40.7 Å². The number of nitrogens with zero attached hydrogens (tertiary/aromatic N) is 6. The Morgan fingerprint density at radius 1 is 0.400 bits per heavy atom. The van der Waals surface area contributed by atoms with Crippen LogP contribution in [0.1, 0.15) is 252 Å². The number of aromatic nitrogens is 3. The molecule has 763 valence electrons. The Labute approximate surface area is 852 Å². The Morgan fingerprint density at radius 3 is 1.09 bits per heavy atom. The number of alkyl halides is 6. The first-order valence-electron chi connectivity index (χ1n) is 48.7. The quantitative estimate of drug-likeness (QED) is 0.0792. The Hall–Kier alpha value is -8.75. The third-order valence-corrected chi connectivity index (χ3v) is 30.8. The van der Waals surface area contributed by atoms with Crippen molar-refractivity contribution in [2.24, 2.45) is 63.6 Å². The summed E-state index contributed by atoms with van der Waals surface area (Å²) in [6.07, 6.45) is 10.3. The maximum Gasteiger partial charge on any atom is 0.408 e. The number of alkyl carbamates (subject to hydrolysis) is 3. The number of rotatable bonds is 6. The fourth-order valence-corrected chi connectivity index (χ4v) is 22.6. The van der Waals surface area contributed by atoms with E-state index in [-0.39, 0.29) is 159 Å². The summed E-state index contributed by atoms with van der Waals surface area (Å²) in [6, 6.07) is 9.20. The SMILES string of the molecule is COc1ccc2c(C)c3c(nc2c1)O[C@H]1CN(C(=O)[C@H](C(C)(C)C)NC(=O)O[C@@H]2CC4CC4[C@H]2CCCCC3(F)F)[C@H]([C-]=O)[C@@H]1C.COc1ccc2c(C)c3c(nc2c1)O[C@H]1CN(C(=O)[C@H](C(C)(C)C)NC(=O)O[C@@H]2CCC[C@H]2CCCCC3(F)F)[C@H]([C-]=O)[C@@H]1C.COc1ccc2c(C)c3c(nc2c1)O[C@H]1CN(C(=O)[C@H](C(C)(C)C)NC(=O)O[C@]2(C)CCC[C@H]2CCCCC3(F)F)[C@H]([C-]=O)[C@@H]1C.[V].[V].[V]. The Balaban J connectivity index is 0.000000199. The number of aryl methyl sites for hydroxylation is 3. The first-order valence-corrected chi connectivity index (χ1v) is 48.7. The largest absolute Gasteiger partial charge is 0.540 e. The van der Waals surface area contributed by atoms with E-state index >= 15 is 26.3 Å². The maximum absolute atomic E-state index is 16.3. The van der Waals surface area contributed by atoms with E-state index < -0.39 is 167 Å². The molecule has 20 atom stereocenters. The number of carbonyl (C=O) groups is 6. The van der Waals surface area contributed by atoms with Crippen LogP contribution in [0.3, 0.4) is 0 Å². The van der Waals surface area contributed by atoms with E-state index in [1.54, 1.807) is 96.1 Å². The summed E-state index contributed by atoms with van der Waals surface area (Å²) in [7, 11) is 4.55. The fourth-order valence-electron chi connectivity index (χ4n) is 22.6. The van der Waals surface area contributed by atoms with Gasteiger partial charge in [0.15, 0.2) is 0 Å². The van der Waals surface area contributed by atoms with Gasteiger partial charge in [-0.2, -0.15) is 0 Å². The van der Waals surface area contributed by atoms with E-state index in [4.69, 9.17) is 42.6 Å². The predicted octanol–water partition coefficient (Wildman–Crippen LogP) is 18.9. The summed E-state index contributed by atoms with van der Waals surface area (Å²) in [4.78, 5) is 137.